The maximum atomic E-state index is 12.2. The first-order chi connectivity index (χ1) is 9.00. The summed E-state index contributed by atoms with van der Waals surface area (Å²) in [4.78, 5) is 12.2. The second-order valence-electron chi connectivity index (χ2n) is 5.22. The van der Waals surface area contributed by atoms with Crippen LogP contribution in [-0.4, -0.2) is 21.1 Å². The molecule has 0 atom stereocenters. The van der Waals surface area contributed by atoms with Crippen LogP contribution in [0.2, 0.25) is 0 Å². The summed E-state index contributed by atoms with van der Waals surface area (Å²) in [6, 6.07) is 2.35. The van der Waals surface area contributed by atoms with Gasteiger partial charge in [0.1, 0.15) is 0 Å². The highest BCUT2D eigenvalue weighted by Gasteiger charge is 2.29. The van der Waals surface area contributed by atoms with Crippen molar-refractivity contribution in [2.45, 2.75) is 71.4 Å². The number of nitrogens with zero attached hydrogens (tertiary/aromatic N) is 2. The van der Waals surface area contributed by atoms with Crippen molar-refractivity contribution in [2.24, 2.45) is 5.73 Å². The van der Waals surface area contributed by atoms with Crippen LogP contribution in [-0.2, 0) is 11.2 Å². The molecule has 0 saturated heterocycles. The van der Waals surface area contributed by atoms with E-state index in [1.165, 1.54) is 0 Å². The van der Waals surface area contributed by atoms with Crippen LogP contribution >= 0.6 is 0 Å². The van der Waals surface area contributed by atoms with Gasteiger partial charge in [0.25, 0.3) is 0 Å². The quantitative estimate of drug-likeness (QED) is 0.786. The average molecular weight is 265 g/mol. The number of carbonyl (C=O) groups excluding carboxylic acids is 1. The smallest absolute Gasteiger partial charge is 0.158 e. The van der Waals surface area contributed by atoms with Crippen molar-refractivity contribution in [1.29, 1.82) is 0 Å². The molecule has 4 heteroatoms. The van der Waals surface area contributed by atoms with Gasteiger partial charge in [0.15, 0.2) is 5.78 Å². The van der Waals surface area contributed by atoms with Crippen molar-refractivity contribution in [3.05, 3.63) is 18.0 Å². The van der Waals surface area contributed by atoms with Crippen LogP contribution in [0.15, 0.2) is 12.3 Å². The van der Waals surface area contributed by atoms with Crippen molar-refractivity contribution in [3.63, 3.8) is 0 Å². The van der Waals surface area contributed by atoms with Crippen LogP contribution in [0.5, 0.6) is 0 Å². The van der Waals surface area contributed by atoms with Crippen LogP contribution < -0.4 is 5.73 Å². The minimum absolute atomic E-state index is 0.0901. The maximum absolute atomic E-state index is 12.2. The van der Waals surface area contributed by atoms with Gasteiger partial charge in [0.2, 0.25) is 0 Å². The molecule has 0 aliphatic heterocycles. The van der Waals surface area contributed by atoms with E-state index in [1.54, 1.807) is 0 Å². The molecule has 0 spiro atoms. The number of Topliss-reactive ketones (excluding diaryl/α,β-unsaturated/α-hetero) is 1. The maximum Gasteiger partial charge on any atom is 0.158 e. The molecule has 1 aromatic rings. The lowest BCUT2D eigenvalue weighted by atomic mass is 9.87. The molecule has 0 bridgehead atoms. The molecule has 0 aliphatic carbocycles. The minimum Gasteiger partial charge on any atom is -0.319 e. The lowest BCUT2D eigenvalue weighted by Crippen LogP contribution is -2.47. The molecule has 1 heterocycles. The summed E-state index contributed by atoms with van der Waals surface area (Å²) in [5.74, 6) is 0.0901. The van der Waals surface area contributed by atoms with E-state index in [4.69, 9.17) is 5.73 Å². The van der Waals surface area contributed by atoms with Crippen molar-refractivity contribution in [2.75, 3.05) is 0 Å². The Labute approximate surface area is 116 Å². The van der Waals surface area contributed by atoms with Gasteiger partial charge in [-0.25, -0.2) is 0 Å². The topological polar surface area (TPSA) is 60.9 Å². The fraction of sp³-hybridized carbons (Fsp3) is 0.733. The van der Waals surface area contributed by atoms with Gasteiger partial charge in [-0.1, -0.05) is 27.7 Å². The minimum atomic E-state index is -0.696. The molecule has 1 rings (SSSR count). The largest absolute Gasteiger partial charge is 0.319 e. The predicted octanol–water partition coefficient (Wildman–Crippen LogP) is 2.87. The first kappa shape index (κ1) is 15.9. The van der Waals surface area contributed by atoms with Gasteiger partial charge >= 0.3 is 0 Å². The summed E-state index contributed by atoms with van der Waals surface area (Å²) >= 11 is 0. The van der Waals surface area contributed by atoms with Crippen molar-refractivity contribution >= 4 is 5.78 Å². The number of rotatable bonds is 8. The molecular weight excluding hydrogens is 238 g/mol. The normalized spacial score (nSPS) is 12.1. The molecule has 1 aromatic heterocycles. The Morgan fingerprint density at radius 2 is 1.89 bits per heavy atom. The van der Waals surface area contributed by atoms with Crippen LogP contribution in [0.1, 0.15) is 65.1 Å². The van der Waals surface area contributed by atoms with Gasteiger partial charge in [-0.3, -0.25) is 9.48 Å². The molecule has 0 aromatic carbocycles. The fourth-order valence-electron chi connectivity index (χ4n) is 2.32. The fourth-order valence-corrected chi connectivity index (χ4v) is 2.32. The molecule has 4 nitrogen and oxygen atoms in total. The second-order valence-corrected chi connectivity index (χ2v) is 5.22. The highest BCUT2D eigenvalue weighted by molar-refractivity contribution is 5.89. The van der Waals surface area contributed by atoms with Gasteiger partial charge < -0.3 is 5.73 Å². The number of hydrogen-bond acceptors (Lipinski definition) is 3. The number of aromatic nitrogens is 2. The molecule has 0 unspecified atom stereocenters. The van der Waals surface area contributed by atoms with Gasteiger partial charge in [-0.2, -0.15) is 5.10 Å². The Balaban J connectivity index is 2.76. The number of carbonyl (C=O) groups is 1. The summed E-state index contributed by atoms with van der Waals surface area (Å²) in [5, 5.41) is 4.51. The van der Waals surface area contributed by atoms with E-state index in [0.29, 0.717) is 25.3 Å². The van der Waals surface area contributed by atoms with Gasteiger partial charge in [0, 0.05) is 6.20 Å². The highest BCUT2D eigenvalue weighted by Crippen LogP contribution is 2.17. The van der Waals surface area contributed by atoms with Crippen LogP contribution in [0, 0.1) is 0 Å². The van der Waals surface area contributed by atoms with E-state index < -0.39 is 5.54 Å². The van der Waals surface area contributed by atoms with Crippen molar-refractivity contribution in [3.8, 4) is 0 Å². The van der Waals surface area contributed by atoms with Gasteiger partial charge in [-0.05, 0) is 31.7 Å². The zero-order valence-corrected chi connectivity index (χ0v) is 12.6. The molecule has 2 N–H and O–H groups in total. The molecule has 19 heavy (non-hydrogen) atoms. The second kappa shape index (κ2) is 6.85. The number of ketones is 1. The van der Waals surface area contributed by atoms with E-state index in [9.17, 15) is 4.79 Å². The molecular formula is C15H27N3O. The molecule has 0 fully saturated rings. The zero-order chi connectivity index (χ0) is 14.5. The molecule has 0 radical (unpaired) electrons. The monoisotopic (exact) mass is 265 g/mol. The van der Waals surface area contributed by atoms with Gasteiger partial charge in [-0.15, -0.1) is 0 Å². The summed E-state index contributed by atoms with van der Waals surface area (Å²) < 4.78 is 1.97. The number of nitrogens with two attached hydrogens (primary N) is 1. The Bertz CT molecular complexity index is 403. The molecule has 108 valence electrons. The SMILES string of the molecule is CCC(CC)n1ccc(CC(=O)C(N)(CC)CC)n1. The lowest BCUT2D eigenvalue weighted by Gasteiger charge is -2.24. The third-order valence-electron chi connectivity index (χ3n) is 4.14. The summed E-state index contributed by atoms with van der Waals surface area (Å²) in [6.45, 7) is 8.23. The molecule has 0 amide bonds. The first-order valence-corrected chi connectivity index (χ1v) is 7.36. The van der Waals surface area contributed by atoms with Crippen molar-refractivity contribution in [1.82, 2.24) is 9.78 Å². The van der Waals surface area contributed by atoms with E-state index in [1.807, 2.05) is 30.8 Å². The number of hydrogen-bond donors (Lipinski definition) is 1. The summed E-state index contributed by atoms with van der Waals surface area (Å²) in [7, 11) is 0. The van der Waals surface area contributed by atoms with Crippen LogP contribution in [0.3, 0.4) is 0 Å². The Morgan fingerprint density at radius 3 is 2.37 bits per heavy atom. The zero-order valence-electron chi connectivity index (χ0n) is 12.6. The Hall–Kier alpha value is -1.16. The highest BCUT2D eigenvalue weighted by atomic mass is 16.1. The van der Waals surface area contributed by atoms with E-state index in [0.717, 1.165) is 18.5 Å². The lowest BCUT2D eigenvalue weighted by molar-refractivity contribution is -0.123. The molecule has 0 saturated carbocycles. The third kappa shape index (κ3) is 3.66. The summed E-state index contributed by atoms with van der Waals surface area (Å²) in [6.07, 6.45) is 5.76. The van der Waals surface area contributed by atoms with E-state index in [-0.39, 0.29) is 5.78 Å². The Kier molecular flexibility index (Phi) is 5.73. The first-order valence-electron chi connectivity index (χ1n) is 7.36. The summed E-state index contributed by atoms with van der Waals surface area (Å²) in [5.41, 5.74) is 6.25. The Morgan fingerprint density at radius 1 is 1.32 bits per heavy atom. The van der Waals surface area contributed by atoms with Gasteiger partial charge in [0.05, 0.1) is 23.7 Å². The molecule has 0 aliphatic rings. The third-order valence-corrected chi connectivity index (χ3v) is 4.14. The van der Waals surface area contributed by atoms with E-state index in [2.05, 4.69) is 18.9 Å². The van der Waals surface area contributed by atoms with Crippen molar-refractivity contribution < 1.29 is 4.79 Å². The van der Waals surface area contributed by atoms with Crippen LogP contribution in [0.4, 0.5) is 0 Å². The average Bonchev–Trinajstić information content (AvgIpc) is 2.87. The van der Waals surface area contributed by atoms with E-state index >= 15 is 0 Å². The standard InChI is InChI=1S/C15H27N3O/c1-5-13(6-2)18-10-9-12(17-18)11-14(19)15(16,7-3)8-4/h9-10,13H,5-8,11,16H2,1-4H3. The van der Waals surface area contributed by atoms with Crippen LogP contribution in [0.25, 0.3) is 0 Å². The predicted molar refractivity (Wildman–Crippen MR) is 78.1 cm³/mol.